The molecule has 0 unspecified atom stereocenters. The number of nitrogens with one attached hydrogen (secondary N) is 4. The van der Waals surface area contributed by atoms with Gasteiger partial charge in [0.2, 0.25) is 0 Å². The van der Waals surface area contributed by atoms with E-state index in [0.717, 1.165) is 0 Å². The third kappa shape index (κ3) is 10.1. The average molecular weight is 465 g/mol. The molecule has 0 aromatic heterocycles. The summed E-state index contributed by atoms with van der Waals surface area (Å²) in [5, 5.41) is 5.28. The van der Waals surface area contributed by atoms with Crippen LogP contribution in [0.1, 0.15) is 61.3 Å². The molecular formula is C23H36N4O6. The number of carbonyl (C=O) groups is 4. The highest BCUT2D eigenvalue weighted by Crippen LogP contribution is 2.11. The van der Waals surface area contributed by atoms with Gasteiger partial charge in [-0.15, -0.1) is 0 Å². The summed E-state index contributed by atoms with van der Waals surface area (Å²) in [6, 6.07) is 5.91. The average Bonchev–Trinajstić information content (AvgIpc) is 2.78. The Morgan fingerprint density at radius 3 is 1.76 bits per heavy atom. The van der Waals surface area contributed by atoms with Gasteiger partial charge in [-0.3, -0.25) is 28.9 Å². The molecule has 4 N–H and O–H groups in total. The number of Topliss-reactive ketones (excluding diaryl/α,β-unsaturated/α-hetero) is 1. The molecule has 0 spiro atoms. The Morgan fingerprint density at radius 1 is 0.818 bits per heavy atom. The molecule has 0 bridgehead atoms. The summed E-state index contributed by atoms with van der Waals surface area (Å²) in [6.07, 6.45) is -0.761. The minimum atomic E-state index is -0.841. The number of likely N-dealkylation sites (N-methyl/N-ethyl adjacent to an activating group) is 2. The first kappa shape index (κ1) is 28.2. The number of benzene rings is 1. The minimum absolute atomic E-state index is 0.122. The Balaban J connectivity index is 2.79. The lowest BCUT2D eigenvalue weighted by Crippen LogP contribution is -2.40. The molecule has 0 saturated carbocycles. The number of rotatable bonds is 14. The smallest absolute Gasteiger partial charge is 0.274 e. The number of hydroxylamine groups is 2. The van der Waals surface area contributed by atoms with Crippen molar-refractivity contribution in [2.24, 2.45) is 11.8 Å². The molecule has 3 amide bonds. The van der Waals surface area contributed by atoms with Crippen LogP contribution in [-0.2, 0) is 19.3 Å². The van der Waals surface area contributed by atoms with Crippen molar-refractivity contribution in [3.63, 3.8) is 0 Å². The maximum Gasteiger partial charge on any atom is 0.274 e. The topological polar surface area (TPSA) is 135 Å². The van der Waals surface area contributed by atoms with E-state index in [1.54, 1.807) is 7.05 Å². The summed E-state index contributed by atoms with van der Waals surface area (Å²) in [4.78, 5) is 59.8. The zero-order valence-corrected chi connectivity index (χ0v) is 20.2. The highest BCUT2D eigenvalue weighted by atomic mass is 16.7. The molecule has 0 aliphatic rings. The van der Waals surface area contributed by atoms with E-state index in [0.29, 0.717) is 12.8 Å². The molecular weight excluding hydrogens is 428 g/mol. The molecule has 10 nitrogen and oxygen atoms in total. The zero-order chi connectivity index (χ0) is 25.0. The second kappa shape index (κ2) is 14.4. The normalized spacial score (nSPS) is 12.8. The van der Waals surface area contributed by atoms with Crippen molar-refractivity contribution in [1.82, 2.24) is 21.6 Å². The fourth-order valence-corrected chi connectivity index (χ4v) is 2.93. The monoisotopic (exact) mass is 464 g/mol. The van der Waals surface area contributed by atoms with Crippen LogP contribution in [0.25, 0.3) is 0 Å². The van der Waals surface area contributed by atoms with Gasteiger partial charge in [0.15, 0.2) is 11.9 Å². The molecule has 33 heavy (non-hydrogen) atoms. The quantitative estimate of drug-likeness (QED) is 0.306. The second-order valence-electron chi connectivity index (χ2n) is 8.53. The summed E-state index contributed by atoms with van der Waals surface area (Å²) in [7, 11) is 3.14. The predicted molar refractivity (Wildman–Crippen MR) is 123 cm³/mol. The van der Waals surface area contributed by atoms with Crippen LogP contribution in [0.3, 0.4) is 0 Å². The first-order valence-corrected chi connectivity index (χ1v) is 11.0. The lowest BCUT2D eigenvalue weighted by Gasteiger charge is -2.19. The molecule has 2 atom stereocenters. The molecule has 0 heterocycles. The van der Waals surface area contributed by atoms with E-state index >= 15 is 0 Å². The molecule has 10 heteroatoms. The Labute approximate surface area is 195 Å². The van der Waals surface area contributed by atoms with Gasteiger partial charge in [0.1, 0.15) is 6.10 Å². The van der Waals surface area contributed by atoms with Gasteiger partial charge in [0, 0.05) is 18.2 Å². The van der Waals surface area contributed by atoms with Crippen LogP contribution in [0.2, 0.25) is 0 Å². The van der Waals surface area contributed by atoms with E-state index in [4.69, 9.17) is 9.68 Å². The van der Waals surface area contributed by atoms with Gasteiger partial charge in [-0.05, 0) is 49.9 Å². The molecule has 0 aliphatic heterocycles. The van der Waals surface area contributed by atoms with Gasteiger partial charge < -0.3 is 10.6 Å². The summed E-state index contributed by atoms with van der Waals surface area (Å²) in [6.45, 7) is 7.89. The summed E-state index contributed by atoms with van der Waals surface area (Å²) >= 11 is 0. The van der Waals surface area contributed by atoms with Gasteiger partial charge in [-0.25, -0.2) is 11.0 Å². The zero-order valence-electron chi connectivity index (χ0n) is 20.2. The van der Waals surface area contributed by atoms with Crippen LogP contribution in [0.5, 0.6) is 0 Å². The van der Waals surface area contributed by atoms with Crippen molar-refractivity contribution < 1.29 is 28.9 Å². The lowest BCUT2D eigenvalue weighted by molar-refractivity contribution is -0.137. The summed E-state index contributed by atoms with van der Waals surface area (Å²) in [5.41, 5.74) is 4.90. The molecule has 1 aromatic carbocycles. The van der Waals surface area contributed by atoms with Gasteiger partial charge in [-0.2, -0.15) is 0 Å². The third-order valence-corrected chi connectivity index (χ3v) is 4.59. The highest BCUT2D eigenvalue weighted by molar-refractivity contribution is 5.99. The number of carbonyl (C=O) groups excluding carboxylic acids is 4. The summed E-state index contributed by atoms with van der Waals surface area (Å²) < 4.78 is 0. The van der Waals surface area contributed by atoms with Crippen LogP contribution in [0, 0.1) is 11.8 Å². The SMILES string of the molecule is CNCC(=O)[C@@H](CC(C)C)ONC(=O)c1cccc(C(=O)NO[C@H](CC(C)C)C(=O)NC)c1. The fourth-order valence-electron chi connectivity index (χ4n) is 2.93. The highest BCUT2D eigenvalue weighted by Gasteiger charge is 2.23. The third-order valence-electron chi connectivity index (χ3n) is 4.59. The Morgan fingerprint density at radius 2 is 1.30 bits per heavy atom. The molecule has 0 aliphatic carbocycles. The Hall–Kier alpha value is -2.82. The van der Waals surface area contributed by atoms with Crippen LogP contribution < -0.4 is 21.6 Å². The maximum absolute atomic E-state index is 12.5. The van der Waals surface area contributed by atoms with E-state index in [1.165, 1.54) is 31.3 Å². The van der Waals surface area contributed by atoms with E-state index in [9.17, 15) is 19.2 Å². The number of amides is 3. The molecule has 0 radical (unpaired) electrons. The van der Waals surface area contributed by atoms with Crippen LogP contribution in [0.4, 0.5) is 0 Å². The van der Waals surface area contributed by atoms with Crippen molar-refractivity contribution in [2.45, 2.75) is 52.7 Å². The first-order chi connectivity index (χ1) is 15.6. The number of hydrogen-bond acceptors (Lipinski definition) is 7. The van der Waals surface area contributed by atoms with Crippen molar-refractivity contribution in [1.29, 1.82) is 0 Å². The van der Waals surface area contributed by atoms with Gasteiger partial charge in [0.25, 0.3) is 17.7 Å². The largest absolute Gasteiger partial charge is 0.357 e. The van der Waals surface area contributed by atoms with Gasteiger partial charge >= 0.3 is 0 Å². The molecule has 1 rings (SSSR count). The molecule has 0 fully saturated rings. The fraction of sp³-hybridized carbons (Fsp3) is 0.565. The standard InChI is InChI=1S/C23H36N4O6/c1-14(2)10-19(18(28)13-24-5)32-26-21(29)16-8-7-9-17(12-16)22(30)27-33-20(11-15(3)4)23(31)25-6/h7-9,12,14-15,19-20,24H,10-11,13H2,1-6H3,(H,25,31)(H,26,29)(H,27,30)/t19-,20-/m1/s1. The molecule has 1 aromatic rings. The number of hydrogen-bond donors (Lipinski definition) is 4. The van der Waals surface area contributed by atoms with Gasteiger partial charge in [-0.1, -0.05) is 33.8 Å². The van der Waals surface area contributed by atoms with Crippen LogP contribution in [-0.4, -0.2) is 56.4 Å². The predicted octanol–water partition coefficient (Wildman–Crippen LogP) is 1.37. The van der Waals surface area contributed by atoms with Crippen molar-refractivity contribution >= 4 is 23.5 Å². The Bertz CT molecular complexity index is 812. The van der Waals surface area contributed by atoms with Crippen LogP contribution >= 0.6 is 0 Å². The Kier molecular flexibility index (Phi) is 12.3. The molecule has 184 valence electrons. The maximum atomic E-state index is 12.5. The van der Waals surface area contributed by atoms with Crippen molar-refractivity contribution in [3.8, 4) is 0 Å². The second-order valence-corrected chi connectivity index (χ2v) is 8.53. The number of ketones is 1. The van der Waals surface area contributed by atoms with E-state index in [1.807, 2.05) is 27.7 Å². The van der Waals surface area contributed by atoms with Crippen molar-refractivity contribution in [3.05, 3.63) is 35.4 Å². The minimum Gasteiger partial charge on any atom is -0.357 e. The molecule has 0 saturated heterocycles. The van der Waals surface area contributed by atoms with E-state index < -0.39 is 24.0 Å². The van der Waals surface area contributed by atoms with E-state index in [-0.39, 0.29) is 41.2 Å². The van der Waals surface area contributed by atoms with Gasteiger partial charge in [0.05, 0.1) is 6.54 Å². The first-order valence-electron chi connectivity index (χ1n) is 11.0. The van der Waals surface area contributed by atoms with E-state index in [2.05, 4.69) is 21.6 Å². The van der Waals surface area contributed by atoms with Crippen molar-refractivity contribution in [2.75, 3.05) is 20.6 Å². The lowest BCUT2D eigenvalue weighted by atomic mass is 10.0. The summed E-state index contributed by atoms with van der Waals surface area (Å²) in [5.74, 6) is -1.36. The van der Waals surface area contributed by atoms with Crippen LogP contribution in [0.15, 0.2) is 24.3 Å².